The Morgan fingerprint density at radius 1 is 1.00 bits per heavy atom. The van der Waals surface area contributed by atoms with E-state index in [0.29, 0.717) is 17.1 Å². The van der Waals surface area contributed by atoms with Crippen molar-refractivity contribution in [3.63, 3.8) is 0 Å². The largest absolute Gasteiger partial charge is 0.497 e. The van der Waals surface area contributed by atoms with Crippen molar-refractivity contribution in [2.75, 3.05) is 14.2 Å². The molecule has 0 bridgehead atoms. The van der Waals surface area contributed by atoms with Crippen LogP contribution in [0.2, 0.25) is 0 Å². The molecule has 1 N–H and O–H groups in total. The van der Waals surface area contributed by atoms with Crippen LogP contribution in [0.25, 0.3) is 0 Å². The van der Waals surface area contributed by atoms with Crippen molar-refractivity contribution in [2.24, 2.45) is 0 Å². The molecule has 1 saturated carbocycles. The number of nitrogens with one attached hydrogen (secondary N) is 1. The van der Waals surface area contributed by atoms with E-state index in [0.717, 1.165) is 31.2 Å². The molecule has 0 spiro atoms. The summed E-state index contributed by atoms with van der Waals surface area (Å²) in [5.41, 5.74) is 1.48. The summed E-state index contributed by atoms with van der Waals surface area (Å²) in [6, 6.07) is 17.2. The lowest BCUT2D eigenvalue weighted by Crippen LogP contribution is -2.45. The fourth-order valence-corrected chi connectivity index (χ4v) is 4.45. The Morgan fingerprint density at radius 3 is 2.38 bits per heavy atom. The van der Waals surface area contributed by atoms with E-state index in [1.165, 1.54) is 6.26 Å². The zero-order chi connectivity index (χ0) is 23.9. The molecular formula is C27H30N2O5. The second-order valence-corrected chi connectivity index (χ2v) is 8.39. The normalized spacial score (nSPS) is 14.4. The van der Waals surface area contributed by atoms with Gasteiger partial charge in [0.2, 0.25) is 5.91 Å². The lowest BCUT2D eigenvalue weighted by molar-refractivity contribution is -0.126. The Hall–Kier alpha value is -3.74. The summed E-state index contributed by atoms with van der Waals surface area (Å²) in [5, 5.41) is 3.18. The molecule has 0 radical (unpaired) electrons. The minimum atomic E-state index is -0.867. The maximum atomic E-state index is 13.7. The second kappa shape index (κ2) is 10.9. The number of carbonyl (C=O) groups is 2. The third-order valence-corrected chi connectivity index (χ3v) is 6.22. The van der Waals surface area contributed by atoms with Crippen LogP contribution in [0.4, 0.5) is 0 Å². The molecule has 0 aliphatic heterocycles. The van der Waals surface area contributed by atoms with Gasteiger partial charge in [-0.2, -0.15) is 0 Å². The van der Waals surface area contributed by atoms with E-state index < -0.39 is 6.04 Å². The molecule has 3 aromatic rings. The van der Waals surface area contributed by atoms with Gasteiger partial charge in [-0.3, -0.25) is 9.59 Å². The predicted molar refractivity (Wildman–Crippen MR) is 128 cm³/mol. The molecule has 2 aromatic carbocycles. The highest BCUT2D eigenvalue weighted by atomic mass is 16.5. The van der Waals surface area contributed by atoms with Gasteiger partial charge in [-0.15, -0.1) is 0 Å². The average molecular weight is 463 g/mol. The van der Waals surface area contributed by atoms with Gasteiger partial charge in [0.1, 0.15) is 17.5 Å². The fourth-order valence-electron chi connectivity index (χ4n) is 4.45. The quantitative estimate of drug-likeness (QED) is 0.497. The lowest BCUT2D eigenvalue weighted by Gasteiger charge is -2.32. The van der Waals surface area contributed by atoms with Gasteiger partial charge in [-0.05, 0) is 48.7 Å². The molecule has 34 heavy (non-hydrogen) atoms. The van der Waals surface area contributed by atoms with E-state index in [9.17, 15) is 9.59 Å². The molecule has 7 nitrogen and oxygen atoms in total. The maximum Gasteiger partial charge on any atom is 0.290 e. The van der Waals surface area contributed by atoms with Crippen LogP contribution in [0.1, 0.15) is 53.4 Å². The Kier molecular flexibility index (Phi) is 7.52. The summed E-state index contributed by atoms with van der Waals surface area (Å²) in [5.74, 6) is 0.893. The summed E-state index contributed by atoms with van der Waals surface area (Å²) < 4.78 is 16.3. The number of hydrogen-bond acceptors (Lipinski definition) is 5. The zero-order valence-electron chi connectivity index (χ0n) is 19.5. The average Bonchev–Trinajstić information content (AvgIpc) is 3.59. The van der Waals surface area contributed by atoms with Crippen LogP contribution in [0.15, 0.2) is 71.3 Å². The third-order valence-electron chi connectivity index (χ3n) is 6.22. The lowest BCUT2D eigenvalue weighted by atomic mass is 10.0. The molecule has 1 heterocycles. The molecule has 7 heteroatoms. The van der Waals surface area contributed by atoms with Gasteiger partial charge in [0.25, 0.3) is 5.91 Å². The van der Waals surface area contributed by atoms with Crippen molar-refractivity contribution < 1.29 is 23.5 Å². The Bertz CT molecular complexity index is 1090. The van der Waals surface area contributed by atoms with Crippen LogP contribution in [0, 0.1) is 0 Å². The molecule has 1 aromatic heterocycles. The molecule has 4 rings (SSSR count). The van der Waals surface area contributed by atoms with Crippen LogP contribution < -0.4 is 14.8 Å². The Morgan fingerprint density at radius 2 is 1.74 bits per heavy atom. The Balaban J connectivity index is 1.76. The van der Waals surface area contributed by atoms with E-state index in [2.05, 4.69) is 5.32 Å². The number of benzene rings is 2. The number of nitrogens with zero attached hydrogens (tertiary/aromatic N) is 1. The maximum absolute atomic E-state index is 13.7. The van der Waals surface area contributed by atoms with E-state index in [-0.39, 0.29) is 30.2 Å². The summed E-state index contributed by atoms with van der Waals surface area (Å²) in [6.07, 6.45) is 5.53. The SMILES string of the molecule is COc1ccc([C@H](C(=O)NC2CCCC2)N(Cc2ccccc2OC)C(=O)c2ccco2)cc1. The minimum absolute atomic E-state index is 0.111. The highest BCUT2D eigenvalue weighted by Gasteiger charge is 2.35. The standard InChI is InChI=1S/C27H30N2O5/c1-32-22-15-13-19(14-16-22)25(26(30)28-21-9-4-5-10-21)29(27(31)24-12-7-17-34-24)18-20-8-3-6-11-23(20)33-2/h3,6-8,11-17,21,25H,4-5,9-10,18H2,1-2H3,(H,28,30)/t25-/m1/s1. The molecule has 1 atom stereocenters. The molecule has 1 fully saturated rings. The van der Waals surface area contributed by atoms with Crippen LogP contribution in [0.5, 0.6) is 11.5 Å². The van der Waals surface area contributed by atoms with Gasteiger partial charge in [0.15, 0.2) is 5.76 Å². The molecular weight excluding hydrogens is 432 g/mol. The molecule has 0 unspecified atom stereocenters. The minimum Gasteiger partial charge on any atom is -0.497 e. The first-order valence-electron chi connectivity index (χ1n) is 11.5. The van der Waals surface area contributed by atoms with Crippen LogP contribution in [0.3, 0.4) is 0 Å². The summed E-state index contributed by atoms with van der Waals surface area (Å²) in [6.45, 7) is 0.165. The predicted octanol–water partition coefficient (Wildman–Crippen LogP) is 4.74. The molecule has 2 amide bonds. The number of furan rings is 1. The number of amides is 2. The fraction of sp³-hybridized carbons (Fsp3) is 0.333. The zero-order valence-corrected chi connectivity index (χ0v) is 19.5. The highest BCUT2D eigenvalue weighted by molar-refractivity contribution is 5.96. The topological polar surface area (TPSA) is 81.0 Å². The summed E-state index contributed by atoms with van der Waals surface area (Å²) in [4.78, 5) is 28.9. The van der Waals surface area contributed by atoms with Crippen molar-refractivity contribution in [3.05, 3.63) is 83.8 Å². The van der Waals surface area contributed by atoms with Crippen molar-refractivity contribution in [1.29, 1.82) is 0 Å². The number of ether oxygens (including phenoxy) is 2. The van der Waals surface area contributed by atoms with E-state index >= 15 is 0 Å². The van der Waals surface area contributed by atoms with Gasteiger partial charge in [-0.25, -0.2) is 0 Å². The van der Waals surface area contributed by atoms with E-state index in [1.807, 2.05) is 36.4 Å². The van der Waals surface area contributed by atoms with Gasteiger partial charge in [0, 0.05) is 11.6 Å². The van der Waals surface area contributed by atoms with E-state index in [4.69, 9.17) is 13.9 Å². The molecule has 1 aliphatic rings. The van der Waals surface area contributed by atoms with Gasteiger partial charge >= 0.3 is 0 Å². The van der Waals surface area contributed by atoms with Crippen LogP contribution in [-0.4, -0.2) is 37.0 Å². The Labute approximate surface area is 199 Å². The van der Waals surface area contributed by atoms with E-state index in [1.54, 1.807) is 43.4 Å². The number of carbonyl (C=O) groups excluding carboxylic acids is 2. The number of para-hydroxylation sites is 1. The van der Waals surface area contributed by atoms with Gasteiger partial charge in [0.05, 0.1) is 27.0 Å². The summed E-state index contributed by atoms with van der Waals surface area (Å²) >= 11 is 0. The smallest absolute Gasteiger partial charge is 0.290 e. The first kappa shape index (κ1) is 23.4. The highest BCUT2D eigenvalue weighted by Crippen LogP contribution is 2.30. The van der Waals surface area contributed by atoms with Crippen molar-refractivity contribution in [3.8, 4) is 11.5 Å². The third kappa shape index (κ3) is 5.25. The first-order valence-corrected chi connectivity index (χ1v) is 11.5. The molecule has 0 saturated heterocycles. The summed E-state index contributed by atoms with van der Waals surface area (Å²) in [7, 11) is 3.18. The molecule has 178 valence electrons. The monoisotopic (exact) mass is 462 g/mol. The van der Waals surface area contributed by atoms with Crippen molar-refractivity contribution in [2.45, 2.75) is 44.3 Å². The first-order chi connectivity index (χ1) is 16.6. The van der Waals surface area contributed by atoms with Crippen molar-refractivity contribution in [1.82, 2.24) is 10.2 Å². The number of hydrogen-bond donors (Lipinski definition) is 1. The van der Waals surface area contributed by atoms with Gasteiger partial charge < -0.3 is 24.1 Å². The molecule has 1 aliphatic carbocycles. The number of methoxy groups -OCH3 is 2. The number of rotatable bonds is 9. The second-order valence-electron chi connectivity index (χ2n) is 8.39. The van der Waals surface area contributed by atoms with Crippen LogP contribution in [-0.2, 0) is 11.3 Å². The van der Waals surface area contributed by atoms with Gasteiger partial charge in [-0.1, -0.05) is 43.2 Å². The van der Waals surface area contributed by atoms with Crippen LogP contribution >= 0.6 is 0 Å². The van der Waals surface area contributed by atoms with Crippen molar-refractivity contribution >= 4 is 11.8 Å².